The molecule has 0 saturated carbocycles. The van der Waals surface area contributed by atoms with Crippen molar-refractivity contribution >= 4 is 23.7 Å². The number of hydrogen-bond donors (Lipinski definition) is 3. The van der Waals surface area contributed by atoms with E-state index in [9.17, 15) is 14.4 Å². The molecule has 17 heavy (non-hydrogen) atoms. The maximum absolute atomic E-state index is 11.2. The summed E-state index contributed by atoms with van der Waals surface area (Å²) in [7, 11) is 2.21. The predicted molar refractivity (Wildman–Crippen MR) is 54.0 cm³/mol. The van der Waals surface area contributed by atoms with Crippen molar-refractivity contribution in [2.75, 3.05) is 14.2 Å². The number of methoxy groups -OCH3 is 2. The van der Waals surface area contributed by atoms with Crippen molar-refractivity contribution in [1.82, 2.24) is 5.32 Å². The molecule has 9 heteroatoms. The second-order valence-electron chi connectivity index (χ2n) is 2.81. The summed E-state index contributed by atoms with van der Waals surface area (Å²) in [5.41, 5.74) is 4.99. The quantitative estimate of drug-likeness (QED) is 0.171. The molecule has 0 aliphatic heterocycles. The van der Waals surface area contributed by atoms with E-state index in [-0.39, 0.29) is 0 Å². The molecule has 0 radical (unpaired) electrons. The number of amides is 1. The van der Waals surface area contributed by atoms with Gasteiger partial charge in [-0.1, -0.05) is 5.16 Å². The highest BCUT2D eigenvalue weighted by atomic mass is 16.5. The fraction of sp³-hybridized carbons (Fsp3) is 0.500. The molecule has 0 aliphatic rings. The molecule has 0 spiro atoms. The Labute approximate surface area is 96.5 Å². The number of nitrogens with one attached hydrogen (secondary N) is 1. The number of oxime groups is 1. The van der Waals surface area contributed by atoms with Crippen molar-refractivity contribution in [3.8, 4) is 0 Å². The summed E-state index contributed by atoms with van der Waals surface area (Å²) in [6.07, 6.45) is -0.423. The van der Waals surface area contributed by atoms with Gasteiger partial charge >= 0.3 is 11.9 Å². The molecule has 0 aromatic heterocycles. The molecule has 4 N–H and O–H groups in total. The fourth-order valence-electron chi connectivity index (χ4n) is 0.863. The summed E-state index contributed by atoms with van der Waals surface area (Å²) in [5.74, 6) is -3.33. The van der Waals surface area contributed by atoms with Crippen LogP contribution < -0.4 is 11.1 Å². The Morgan fingerprint density at radius 2 is 1.94 bits per heavy atom. The van der Waals surface area contributed by atoms with E-state index in [2.05, 4.69) is 19.9 Å². The van der Waals surface area contributed by atoms with Gasteiger partial charge in [0, 0.05) is 0 Å². The number of amidine groups is 1. The van der Waals surface area contributed by atoms with E-state index < -0.39 is 36.1 Å². The van der Waals surface area contributed by atoms with E-state index in [1.54, 1.807) is 0 Å². The normalized spacial score (nSPS) is 12.5. The van der Waals surface area contributed by atoms with Gasteiger partial charge in [0.05, 0.1) is 20.6 Å². The second kappa shape index (κ2) is 7.04. The summed E-state index contributed by atoms with van der Waals surface area (Å²) in [6, 6.07) is -1.26. The lowest BCUT2D eigenvalue weighted by molar-refractivity contribution is -0.150. The molecule has 1 atom stereocenters. The van der Waals surface area contributed by atoms with Gasteiger partial charge in [-0.3, -0.25) is 9.59 Å². The van der Waals surface area contributed by atoms with E-state index in [0.717, 1.165) is 14.2 Å². The summed E-state index contributed by atoms with van der Waals surface area (Å²) >= 11 is 0. The van der Waals surface area contributed by atoms with Gasteiger partial charge in [-0.15, -0.1) is 0 Å². The number of nitrogens with zero attached hydrogens (tertiary/aromatic N) is 1. The summed E-state index contributed by atoms with van der Waals surface area (Å²) in [4.78, 5) is 33.4. The van der Waals surface area contributed by atoms with Gasteiger partial charge in [0.1, 0.15) is 6.04 Å². The van der Waals surface area contributed by atoms with Gasteiger partial charge < -0.3 is 25.7 Å². The Morgan fingerprint density at radius 1 is 1.35 bits per heavy atom. The van der Waals surface area contributed by atoms with Gasteiger partial charge in [-0.25, -0.2) is 4.79 Å². The van der Waals surface area contributed by atoms with Gasteiger partial charge in [-0.05, 0) is 0 Å². The first-order chi connectivity index (χ1) is 7.96. The predicted octanol–water partition coefficient (Wildman–Crippen LogP) is -2.05. The first-order valence-electron chi connectivity index (χ1n) is 4.39. The van der Waals surface area contributed by atoms with E-state index >= 15 is 0 Å². The minimum atomic E-state index is -1.26. The number of nitrogens with two attached hydrogens (primary N) is 1. The van der Waals surface area contributed by atoms with Crippen molar-refractivity contribution in [2.45, 2.75) is 12.5 Å². The molecule has 0 unspecified atom stereocenters. The van der Waals surface area contributed by atoms with E-state index in [1.165, 1.54) is 0 Å². The van der Waals surface area contributed by atoms with Crippen LogP contribution >= 0.6 is 0 Å². The van der Waals surface area contributed by atoms with Crippen LogP contribution in [-0.4, -0.2) is 49.2 Å². The van der Waals surface area contributed by atoms with Crippen LogP contribution in [0.1, 0.15) is 6.42 Å². The molecule has 9 nitrogen and oxygen atoms in total. The van der Waals surface area contributed by atoms with Crippen molar-refractivity contribution < 1.29 is 29.1 Å². The van der Waals surface area contributed by atoms with Crippen LogP contribution in [0.25, 0.3) is 0 Å². The van der Waals surface area contributed by atoms with Crippen LogP contribution in [0.2, 0.25) is 0 Å². The molecule has 0 heterocycles. The number of esters is 2. The largest absolute Gasteiger partial charge is 0.469 e. The van der Waals surface area contributed by atoms with Crippen molar-refractivity contribution in [3.63, 3.8) is 0 Å². The minimum absolute atomic E-state index is 0.423. The highest BCUT2D eigenvalue weighted by molar-refractivity contribution is 6.37. The highest BCUT2D eigenvalue weighted by Gasteiger charge is 2.26. The average molecular weight is 247 g/mol. The highest BCUT2D eigenvalue weighted by Crippen LogP contribution is 1.97. The number of carbonyl (C=O) groups is 3. The summed E-state index contributed by atoms with van der Waals surface area (Å²) in [5, 5.41) is 12.7. The molecule has 0 fully saturated rings. The second-order valence-corrected chi connectivity index (χ2v) is 2.81. The standard InChI is InChI=1S/C8H13N3O6/c1-16-5(12)3-4(8(14)17-2)10-7(13)6(9)11-15/h4,15H,3H2,1-2H3,(H2,9,11)(H,10,13)/t4-/m0/s1. The zero-order valence-corrected chi connectivity index (χ0v) is 9.30. The van der Waals surface area contributed by atoms with E-state index in [1.807, 2.05) is 0 Å². The zero-order chi connectivity index (χ0) is 13.4. The molecule has 0 aromatic rings. The van der Waals surface area contributed by atoms with Crippen molar-refractivity contribution in [2.24, 2.45) is 10.9 Å². The van der Waals surface area contributed by atoms with Crippen LogP contribution in [0, 0.1) is 0 Å². The fourth-order valence-corrected chi connectivity index (χ4v) is 0.863. The third-order valence-corrected chi connectivity index (χ3v) is 1.73. The number of hydrogen-bond acceptors (Lipinski definition) is 7. The van der Waals surface area contributed by atoms with E-state index in [4.69, 9.17) is 10.9 Å². The Balaban J connectivity index is 4.66. The molecule has 0 aliphatic carbocycles. The Hall–Kier alpha value is -2.32. The van der Waals surface area contributed by atoms with Crippen LogP contribution in [0.5, 0.6) is 0 Å². The first kappa shape index (κ1) is 14.7. The topological polar surface area (TPSA) is 140 Å². The zero-order valence-electron chi connectivity index (χ0n) is 9.30. The molecular weight excluding hydrogens is 234 g/mol. The molecule has 1 amide bonds. The van der Waals surface area contributed by atoms with Crippen LogP contribution in [-0.2, 0) is 23.9 Å². The first-order valence-corrected chi connectivity index (χ1v) is 4.39. The Bertz CT molecular complexity index is 340. The monoisotopic (exact) mass is 247 g/mol. The molecular formula is C8H13N3O6. The number of ether oxygens (including phenoxy) is 2. The van der Waals surface area contributed by atoms with Crippen LogP contribution in [0.15, 0.2) is 5.16 Å². The summed E-state index contributed by atoms with van der Waals surface area (Å²) < 4.78 is 8.70. The third kappa shape index (κ3) is 4.82. The lowest BCUT2D eigenvalue weighted by atomic mass is 10.2. The smallest absolute Gasteiger partial charge is 0.328 e. The number of rotatable bonds is 4. The Kier molecular flexibility index (Phi) is 6.08. The van der Waals surface area contributed by atoms with Gasteiger partial charge in [0.25, 0.3) is 5.91 Å². The SMILES string of the molecule is COC(=O)C[C@H](NC(=O)/C(N)=N/O)C(=O)OC. The maximum Gasteiger partial charge on any atom is 0.328 e. The molecule has 0 saturated heterocycles. The van der Waals surface area contributed by atoms with Crippen molar-refractivity contribution in [1.29, 1.82) is 0 Å². The van der Waals surface area contributed by atoms with E-state index in [0.29, 0.717) is 0 Å². The number of carbonyl (C=O) groups excluding carboxylic acids is 3. The minimum Gasteiger partial charge on any atom is -0.469 e. The lowest BCUT2D eigenvalue weighted by Crippen LogP contribution is -2.47. The molecule has 0 bridgehead atoms. The maximum atomic E-state index is 11.2. The van der Waals surface area contributed by atoms with Gasteiger partial charge in [-0.2, -0.15) is 0 Å². The summed E-state index contributed by atoms with van der Waals surface area (Å²) in [6.45, 7) is 0. The lowest BCUT2D eigenvalue weighted by Gasteiger charge is -2.14. The average Bonchev–Trinajstić information content (AvgIpc) is 2.35. The third-order valence-electron chi connectivity index (χ3n) is 1.73. The van der Waals surface area contributed by atoms with Gasteiger partial charge in [0.15, 0.2) is 0 Å². The van der Waals surface area contributed by atoms with Crippen molar-refractivity contribution in [3.05, 3.63) is 0 Å². The molecule has 0 rings (SSSR count). The molecule has 96 valence electrons. The Morgan fingerprint density at radius 3 is 2.35 bits per heavy atom. The van der Waals surface area contributed by atoms with Crippen LogP contribution in [0.3, 0.4) is 0 Å². The van der Waals surface area contributed by atoms with Crippen LogP contribution in [0.4, 0.5) is 0 Å². The van der Waals surface area contributed by atoms with Gasteiger partial charge in [0.2, 0.25) is 5.84 Å². The molecule has 0 aromatic carbocycles.